The average Bonchev–Trinajstić information content (AvgIpc) is 2.69. The molecule has 0 aliphatic rings. The number of phenolic OH excluding ortho intramolecular Hbond substituents is 4. The first-order valence-corrected chi connectivity index (χ1v) is 8.76. The molecule has 30 heavy (non-hydrogen) atoms. The molecule has 0 radical (unpaired) electrons. The van der Waals surface area contributed by atoms with Crippen LogP contribution in [0.15, 0.2) is 47.3 Å². The van der Waals surface area contributed by atoms with Gasteiger partial charge in [0.25, 0.3) is 0 Å². The topological polar surface area (TPSA) is 107 Å². The molecule has 2 aromatic carbocycles. The molecular formula is C22H21ClN2O5. The minimum Gasteiger partial charge on any atom is -1.00 e. The molecular weight excluding hydrogens is 408 g/mol. The van der Waals surface area contributed by atoms with Crippen molar-refractivity contribution in [1.29, 1.82) is 0 Å². The van der Waals surface area contributed by atoms with E-state index < -0.39 is 0 Å². The van der Waals surface area contributed by atoms with Crippen LogP contribution in [0.4, 0.5) is 0 Å². The molecule has 0 saturated carbocycles. The van der Waals surface area contributed by atoms with Gasteiger partial charge in [-0.05, 0) is 60.7 Å². The number of rotatable bonds is 4. The van der Waals surface area contributed by atoms with E-state index in [1.807, 2.05) is 0 Å². The van der Waals surface area contributed by atoms with Crippen molar-refractivity contribution in [3.8, 4) is 23.0 Å². The second-order valence-corrected chi connectivity index (χ2v) is 6.55. The molecule has 0 unspecified atom stereocenters. The van der Waals surface area contributed by atoms with Gasteiger partial charge in [0.15, 0.2) is 0 Å². The van der Waals surface area contributed by atoms with Crippen molar-refractivity contribution >= 4 is 24.3 Å². The van der Waals surface area contributed by atoms with E-state index >= 15 is 0 Å². The first-order valence-electron chi connectivity index (χ1n) is 8.76. The van der Waals surface area contributed by atoms with Crippen LogP contribution in [0.5, 0.6) is 23.0 Å². The third-order valence-corrected chi connectivity index (χ3v) is 4.53. The Morgan fingerprint density at radius 3 is 1.83 bits per heavy atom. The molecule has 156 valence electrons. The van der Waals surface area contributed by atoms with Crippen LogP contribution in [0.2, 0.25) is 0 Å². The molecule has 0 fully saturated rings. The maximum absolute atomic E-state index is 12.6. The molecule has 3 aromatic rings. The first kappa shape index (κ1) is 22.6. The Kier molecular flexibility index (Phi) is 6.92. The van der Waals surface area contributed by atoms with E-state index in [0.717, 1.165) is 0 Å². The largest absolute Gasteiger partial charge is 1.00 e. The standard InChI is InChI=1S/C22H20N2O5.ClH/c1-23-16(5-3-14-11-18(25)7-9-20(14)27)13-17(24(2)22(23)29)6-4-15-12-19(26)8-10-21(15)28;/h3-13H,1-2H3,(H3,25,26,27,28);1H. The van der Waals surface area contributed by atoms with E-state index in [1.54, 1.807) is 44.5 Å². The summed E-state index contributed by atoms with van der Waals surface area (Å²) in [5.74, 6) is 0.0470. The number of phenols is 4. The second kappa shape index (κ2) is 9.19. The molecule has 0 bridgehead atoms. The lowest BCUT2D eigenvalue weighted by Gasteiger charge is -2.04. The van der Waals surface area contributed by atoms with Crippen molar-refractivity contribution in [2.75, 3.05) is 0 Å². The molecule has 3 rings (SSSR count). The summed E-state index contributed by atoms with van der Waals surface area (Å²) in [5.41, 5.74) is 1.68. The number of aromatic hydroxyl groups is 4. The lowest BCUT2D eigenvalue weighted by molar-refractivity contribution is -0.692. The zero-order valence-corrected chi connectivity index (χ0v) is 17.1. The number of benzene rings is 2. The van der Waals surface area contributed by atoms with Gasteiger partial charge in [-0.1, -0.05) is 0 Å². The highest BCUT2D eigenvalue weighted by molar-refractivity contribution is 5.74. The molecule has 8 heteroatoms. The van der Waals surface area contributed by atoms with Crippen molar-refractivity contribution in [2.45, 2.75) is 0 Å². The van der Waals surface area contributed by atoms with Gasteiger partial charge in [-0.2, -0.15) is 13.9 Å². The number of nitrogens with zero attached hydrogens (tertiary/aromatic N) is 2. The van der Waals surface area contributed by atoms with Gasteiger partial charge in [0, 0.05) is 17.2 Å². The molecule has 0 amide bonds. The van der Waals surface area contributed by atoms with Crippen molar-refractivity contribution < 1.29 is 37.4 Å². The van der Waals surface area contributed by atoms with E-state index in [4.69, 9.17) is 0 Å². The molecule has 0 aliphatic carbocycles. The summed E-state index contributed by atoms with van der Waals surface area (Å²) >= 11 is 0. The number of hydrogen-bond donors (Lipinski definition) is 4. The highest BCUT2D eigenvalue weighted by Gasteiger charge is 2.13. The van der Waals surface area contributed by atoms with Crippen LogP contribution in [0.1, 0.15) is 22.5 Å². The van der Waals surface area contributed by atoms with Crippen molar-refractivity contribution in [3.05, 3.63) is 75.5 Å². The zero-order valence-electron chi connectivity index (χ0n) is 16.3. The molecule has 0 saturated heterocycles. The summed E-state index contributed by atoms with van der Waals surface area (Å²) in [5, 5.41) is 39.0. The lowest BCUT2D eigenvalue weighted by atomic mass is 10.1. The Hall–Kier alpha value is -3.71. The Labute approximate surface area is 179 Å². The van der Waals surface area contributed by atoms with Crippen LogP contribution in [0.25, 0.3) is 24.3 Å². The minimum absolute atomic E-state index is 0. The van der Waals surface area contributed by atoms with E-state index in [2.05, 4.69) is 0 Å². The Balaban J connectivity index is 0.00000320. The molecule has 1 aromatic heterocycles. The number of aromatic nitrogens is 2. The highest BCUT2D eigenvalue weighted by atomic mass is 35.5. The number of hydrogen-bond acceptors (Lipinski definition) is 5. The maximum Gasteiger partial charge on any atom is 0.498 e. The molecule has 7 nitrogen and oxygen atoms in total. The fourth-order valence-corrected chi connectivity index (χ4v) is 2.81. The fraction of sp³-hybridized carbons (Fsp3) is 0.0909. The van der Waals surface area contributed by atoms with E-state index in [0.29, 0.717) is 22.5 Å². The summed E-state index contributed by atoms with van der Waals surface area (Å²) < 4.78 is 2.89. The fourth-order valence-electron chi connectivity index (χ4n) is 2.81. The first-order chi connectivity index (χ1) is 13.8. The van der Waals surface area contributed by atoms with Gasteiger partial charge in [0.2, 0.25) is 0 Å². The smallest absolute Gasteiger partial charge is 0.498 e. The summed E-state index contributed by atoms with van der Waals surface area (Å²) in [4.78, 5) is 12.6. The Morgan fingerprint density at radius 2 is 1.30 bits per heavy atom. The monoisotopic (exact) mass is 428 g/mol. The molecule has 0 spiro atoms. The van der Waals surface area contributed by atoms with Crippen LogP contribution in [-0.4, -0.2) is 25.0 Å². The Bertz CT molecular complexity index is 1110. The highest BCUT2D eigenvalue weighted by Crippen LogP contribution is 2.25. The molecule has 4 N–H and O–H groups in total. The van der Waals surface area contributed by atoms with Crippen LogP contribution < -0.4 is 22.7 Å². The van der Waals surface area contributed by atoms with Gasteiger partial charge >= 0.3 is 5.69 Å². The van der Waals surface area contributed by atoms with Gasteiger partial charge < -0.3 is 32.8 Å². The number of halogens is 1. The zero-order chi connectivity index (χ0) is 21.1. The summed E-state index contributed by atoms with van der Waals surface area (Å²) in [6.45, 7) is 0. The predicted octanol–water partition coefficient (Wildman–Crippen LogP) is -0.623. The second-order valence-electron chi connectivity index (χ2n) is 6.55. The van der Waals surface area contributed by atoms with Gasteiger partial charge in [-0.3, -0.25) is 0 Å². The summed E-state index contributed by atoms with van der Waals surface area (Å²) in [6.07, 6.45) is 6.49. The van der Waals surface area contributed by atoms with Crippen LogP contribution >= 0.6 is 0 Å². The summed E-state index contributed by atoms with van der Waals surface area (Å²) in [7, 11) is 3.25. The quantitative estimate of drug-likeness (QED) is 0.327. The van der Waals surface area contributed by atoms with E-state index in [1.165, 1.54) is 45.5 Å². The lowest BCUT2D eigenvalue weighted by Crippen LogP contribution is -3.00. The van der Waals surface area contributed by atoms with Gasteiger partial charge in [-0.25, -0.2) is 0 Å². The molecule has 0 aliphatic heterocycles. The molecule has 1 heterocycles. The SMILES string of the molecule is Cn1c(/C=C/c2cc(O)ccc2O)cc(/C=C/c2cc(O)ccc2O)[n+](C)c1=O.[Cl-]. The van der Waals surface area contributed by atoms with Gasteiger partial charge in [0.1, 0.15) is 34.4 Å². The maximum atomic E-state index is 12.6. The van der Waals surface area contributed by atoms with E-state index in [9.17, 15) is 25.2 Å². The van der Waals surface area contributed by atoms with Crippen molar-refractivity contribution in [1.82, 2.24) is 4.57 Å². The van der Waals surface area contributed by atoms with Gasteiger partial charge in [0.05, 0.1) is 14.1 Å². The average molecular weight is 429 g/mol. The van der Waals surface area contributed by atoms with E-state index in [-0.39, 0.29) is 41.1 Å². The Morgan fingerprint density at radius 1 is 0.800 bits per heavy atom. The third-order valence-electron chi connectivity index (χ3n) is 4.53. The van der Waals surface area contributed by atoms with Crippen LogP contribution in [0, 0.1) is 0 Å². The summed E-state index contributed by atoms with van der Waals surface area (Å²) in [6, 6.07) is 10.1. The van der Waals surface area contributed by atoms with Crippen molar-refractivity contribution in [3.63, 3.8) is 0 Å². The normalized spacial score (nSPS) is 11.1. The molecule has 0 atom stereocenters. The predicted molar refractivity (Wildman–Crippen MR) is 110 cm³/mol. The third kappa shape index (κ3) is 4.82. The van der Waals surface area contributed by atoms with Crippen molar-refractivity contribution in [2.24, 2.45) is 14.1 Å². The van der Waals surface area contributed by atoms with Crippen LogP contribution in [-0.2, 0) is 14.1 Å². The van der Waals surface area contributed by atoms with Crippen LogP contribution in [0.3, 0.4) is 0 Å². The van der Waals surface area contributed by atoms with Gasteiger partial charge in [-0.15, -0.1) is 0 Å². The minimum atomic E-state index is -0.271.